The number of methoxy groups -OCH3 is 1. The molecule has 0 atom stereocenters. The summed E-state index contributed by atoms with van der Waals surface area (Å²) in [7, 11) is 1.10. The van der Waals surface area contributed by atoms with Crippen molar-refractivity contribution >= 4 is 17.9 Å². The molecule has 0 aliphatic carbocycles. The maximum absolute atomic E-state index is 11.1. The van der Waals surface area contributed by atoms with Crippen molar-refractivity contribution in [2.75, 3.05) is 7.11 Å². The molecule has 0 spiro atoms. The molecule has 0 saturated carbocycles. The number of carbonyl (C=O) groups excluding carboxylic acids is 2. The zero-order valence-corrected chi connectivity index (χ0v) is 8.17. The first-order valence-electron chi connectivity index (χ1n) is 4.06. The summed E-state index contributed by atoms with van der Waals surface area (Å²) in [6.45, 7) is 0. The predicted octanol–water partition coefficient (Wildman–Crippen LogP) is 0.899. The minimum absolute atomic E-state index is 0.172. The van der Waals surface area contributed by atoms with E-state index in [1.807, 2.05) is 0 Å². The first kappa shape index (κ1) is 11.6. The van der Waals surface area contributed by atoms with Crippen LogP contribution in [-0.4, -0.2) is 29.4 Å². The summed E-state index contributed by atoms with van der Waals surface area (Å²) in [5.74, 6) is -1.60. The number of nitro groups is 1. The third-order valence-corrected chi connectivity index (χ3v) is 1.86. The number of carbonyl (C=O) groups is 2. The van der Waals surface area contributed by atoms with Crippen LogP contribution >= 0.6 is 0 Å². The van der Waals surface area contributed by atoms with E-state index in [1.165, 1.54) is 0 Å². The van der Waals surface area contributed by atoms with Crippen LogP contribution < -0.4 is 0 Å². The highest BCUT2D eigenvalue weighted by atomic mass is 16.6. The zero-order chi connectivity index (χ0) is 12.3. The van der Waals surface area contributed by atoms with Gasteiger partial charge in [-0.15, -0.1) is 0 Å². The lowest BCUT2D eigenvalue weighted by molar-refractivity contribution is -0.385. The number of hydrogen-bond acceptors (Lipinski definition) is 6. The summed E-state index contributed by atoms with van der Waals surface area (Å²) in [6, 6.07) is 1.86. The number of rotatable bonds is 3. The number of nitrogens with zero attached hydrogens (tertiary/aromatic N) is 1. The number of aldehydes is 1. The second-order valence-electron chi connectivity index (χ2n) is 2.80. The van der Waals surface area contributed by atoms with Gasteiger partial charge in [-0.1, -0.05) is 0 Å². The van der Waals surface area contributed by atoms with Gasteiger partial charge in [0.1, 0.15) is 0 Å². The Labute approximate surface area is 89.4 Å². The normalized spacial score (nSPS) is 9.56. The molecule has 0 fully saturated rings. The van der Waals surface area contributed by atoms with E-state index < -0.39 is 22.3 Å². The Morgan fingerprint density at radius 1 is 1.56 bits per heavy atom. The molecule has 16 heavy (non-hydrogen) atoms. The number of esters is 1. The van der Waals surface area contributed by atoms with Crippen LogP contribution in [0.15, 0.2) is 12.1 Å². The van der Waals surface area contributed by atoms with Gasteiger partial charge in [0.2, 0.25) is 5.75 Å². The van der Waals surface area contributed by atoms with Crippen molar-refractivity contribution in [3.05, 3.63) is 33.4 Å². The molecule has 1 N–H and O–H groups in total. The summed E-state index contributed by atoms with van der Waals surface area (Å²) in [4.78, 5) is 31.3. The third kappa shape index (κ3) is 1.97. The van der Waals surface area contributed by atoms with Crippen LogP contribution in [0.1, 0.15) is 20.7 Å². The highest BCUT2D eigenvalue weighted by Gasteiger charge is 2.21. The highest BCUT2D eigenvalue weighted by Crippen LogP contribution is 2.30. The Hall–Kier alpha value is -2.44. The third-order valence-electron chi connectivity index (χ3n) is 1.86. The number of phenolic OH excluding ortho intramolecular Hbond substituents is 1. The summed E-state index contributed by atoms with van der Waals surface area (Å²) in [5.41, 5.74) is -1.23. The predicted molar refractivity (Wildman–Crippen MR) is 51.5 cm³/mol. The molecule has 1 aromatic rings. The Bertz CT molecular complexity index is 467. The molecule has 0 saturated heterocycles. The van der Waals surface area contributed by atoms with Crippen LogP contribution in [0.5, 0.6) is 5.75 Å². The molecule has 1 rings (SSSR count). The zero-order valence-electron chi connectivity index (χ0n) is 8.17. The van der Waals surface area contributed by atoms with Crippen LogP contribution in [-0.2, 0) is 4.74 Å². The van der Waals surface area contributed by atoms with Crippen molar-refractivity contribution in [2.45, 2.75) is 0 Å². The molecule has 0 unspecified atom stereocenters. The molecular formula is C9H7NO6. The van der Waals surface area contributed by atoms with E-state index in [-0.39, 0.29) is 17.4 Å². The lowest BCUT2D eigenvalue weighted by Gasteiger charge is -2.03. The van der Waals surface area contributed by atoms with Gasteiger partial charge in [0, 0.05) is 6.07 Å². The number of hydrogen-bond donors (Lipinski definition) is 1. The van der Waals surface area contributed by atoms with Gasteiger partial charge in [-0.25, -0.2) is 4.79 Å². The summed E-state index contributed by atoms with van der Waals surface area (Å²) < 4.78 is 4.35. The van der Waals surface area contributed by atoms with Gasteiger partial charge in [-0.05, 0) is 6.07 Å². The molecule has 0 bridgehead atoms. The van der Waals surface area contributed by atoms with E-state index in [0.29, 0.717) is 0 Å². The standard InChI is InChI=1S/C9H7NO6/c1-16-9(13)5-2-6(4-11)8(12)7(3-5)10(14)15/h2-4,12H,1H3. The number of nitro benzene ring substituents is 1. The molecule has 0 radical (unpaired) electrons. The van der Waals surface area contributed by atoms with E-state index in [0.717, 1.165) is 19.2 Å². The smallest absolute Gasteiger partial charge is 0.338 e. The van der Waals surface area contributed by atoms with Crippen LogP contribution in [0.2, 0.25) is 0 Å². The maximum Gasteiger partial charge on any atom is 0.338 e. The minimum atomic E-state index is -0.894. The fourth-order valence-corrected chi connectivity index (χ4v) is 1.11. The van der Waals surface area contributed by atoms with E-state index in [9.17, 15) is 24.8 Å². The summed E-state index contributed by atoms with van der Waals surface area (Å²) >= 11 is 0. The van der Waals surface area contributed by atoms with Crippen LogP contribution in [0.4, 0.5) is 5.69 Å². The second-order valence-corrected chi connectivity index (χ2v) is 2.80. The molecule has 0 heterocycles. The van der Waals surface area contributed by atoms with E-state index in [1.54, 1.807) is 0 Å². The fraction of sp³-hybridized carbons (Fsp3) is 0.111. The number of phenols is 1. The number of benzene rings is 1. The van der Waals surface area contributed by atoms with Gasteiger partial charge >= 0.3 is 11.7 Å². The molecule has 0 aliphatic heterocycles. The Kier molecular flexibility index (Phi) is 3.19. The van der Waals surface area contributed by atoms with Crippen LogP contribution in [0.25, 0.3) is 0 Å². The van der Waals surface area contributed by atoms with Crippen molar-refractivity contribution in [3.8, 4) is 5.75 Å². The molecule has 0 aliphatic rings. The van der Waals surface area contributed by atoms with Gasteiger partial charge in [0.05, 0.1) is 23.2 Å². The van der Waals surface area contributed by atoms with Crippen molar-refractivity contribution in [1.29, 1.82) is 0 Å². The van der Waals surface area contributed by atoms with Crippen LogP contribution in [0, 0.1) is 10.1 Å². The van der Waals surface area contributed by atoms with E-state index in [4.69, 9.17) is 0 Å². The van der Waals surface area contributed by atoms with Gasteiger partial charge < -0.3 is 9.84 Å². The summed E-state index contributed by atoms with van der Waals surface area (Å²) in [6.07, 6.45) is 0.217. The molecule has 1 aromatic carbocycles. The molecule has 84 valence electrons. The Morgan fingerprint density at radius 2 is 2.19 bits per heavy atom. The number of aromatic hydroxyl groups is 1. The second kappa shape index (κ2) is 4.39. The van der Waals surface area contributed by atoms with E-state index in [2.05, 4.69) is 4.74 Å². The van der Waals surface area contributed by atoms with Gasteiger partial charge in [-0.3, -0.25) is 14.9 Å². The Morgan fingerprint density at radius 3 is 2.62 bits per heavy atom. The minimum Gasteiger partial charge on any atom is -0.502 e. The average Bonchev–Trinajstić information content (AvgIpc) is 2.27. The quantitative estimate of drug-likeness (QED) is 0.354. The molecular weight excluding hydrogens is 218 g/mol. The van der Waals surface area contributed by atoms with Crippen LogP contribution in [0.3, 0.4) is 0 Å². The first-order chi connectivity index (χ1) is 7.51. The van der Waals surface area contributed by atoms with Gasteiger partial charge in [0.15, 0.2) is 6.29 Å². The largest absolute Gasteiger partial charge is 0.502 e. The topological polar surface area (TPSA) is 107 Å². The lowest BCUT2D eigenvalue weighted by Crippen LogP contribution is -2.04. The van der Waals surface area contributed by atoms with Gasteiger partial charge in [-0.2, -0.15) is 0 Å². The molecule has 0 amide bonds. The maximum atomic E-state index is 11.1. The van der Waals surface area contributed by atoms with Crippen molar-refractivity contribution in [2.24, 2.45) is 0 Å². The monoisotopic (exact) mass is 225 g/mol. The molecule has 7 nitrogen and oxygen atoms in total. The number of ether oxygens (including phenoxy) is 1. The van der Waals surface area contributed by atoms with Crippen molar-refractivity contribution < 1.29 is 24.4 Å². The molecule has 0 aromatic heterocycles. The average molecular weight is 225 g/mol. The van der Waals surface area contributed by atoms with Gasteiger partial charge in [0.25, 0.3) is 0 Å². The molecule has 7 heteroatoms. The first-order valence-corrected chi connectivity index (χ1v) is 4.06. The fourth-order valence-electron chi connectivity index (χ4n) is 1.11. The Balaban J connectivity index is 3.45. The van der Waals surface area contributed by atoms with Crippen molar-refractivity contribution in [1.82, 2.24) is 0 Å². The SMILES string of the molecule is COC(=O)c1cc(C=O)c(O)c([N+](=O)[O-])c1. The summed E-state index contributed by atoms with van der Waals surface area (Å²) in [5, 5.41) is 19.8. The van der Waals surface area contributed by atoms with E-state index >= 15 is 0 Å². The highest BCUT2D eigenvalue weighted by molar-refractivity contribution is 5.94. The lowest BCUT2D eigenvalue weighted by atomic mass is 10.1. The van der Waals surface area contributed by atoms with Crippen molar-refractivity contribution in [3.63, 3.8) is 0 Å².